The van der Waals surface area contributed by atoms with Gasteiger partial charge in [0, 0.05) is 18.7 Å². The first-order valence-electron chi connectivity index (χ1n) is 7.01. The van der Waals surface area contributed by atoms with E-state index in [1.165, 1.54) is 0 Å². The van der Waals surface area contributed by atoms with Crippen LogP contribution in [0.15, 0.2) is 18.2 Å². The molecule has 5 heteroatoms. The Balaban J connectivity index is 2.76. The van der Waals surface area contributed by atoms with Crippen molar-refractivity contribution in [1.82, 2.24) is 10.6 Å². The molecular weight excluding hydrogens is 256 g/mol. The fourth-order valence-corrected chi connectivity index (χ4v) is 1.78. The van der Waals surface area contributed by atoms with Gasteiger partial charge in [0.05, 0.1) is 6.61 Å². The number of ether oxygens (including phenoxy) is 2. The van der Waals surface area contributed by atoms with Crippen molar-refractivity contribution in [2.24, 2.45) is 0 Å². The van der Waals surface area contributed by atoms with Gasteiger partial charge in [-0.2, -0.15) is 0 Å². The standard InChI is InChI=1S/C15H24N2O3/c1-4-9-17-14(18)11-20-15-12(10-16-3)7-6-8-13(15)19-5-2/h6-8,16H,4-5,9-11H2,1-3H3,(H,17,18). The fraction of sp³-hybridized carbons (Fsp3) is 0.533. The molecule has 0 aliphatic carbocycles. The minimum absolute atomic E-state index is 0.000796. The summed E-state index contributed by atoms with van der Waals surface area (Å²) in [7, 11) is 1.87. The van der Waals surface area contributed by atoms with Crippen LogP contribution in [-0.2, 0) is 11.3 Å². The number of nitrogens with one attached hydrogen (secondary N) is 2. The quantitative estimate of drug-likeness (QED) is 0.723. The lowest BCUT2D eigenvalue weighted by atomic mass is 10.2. The third-order valence-electron chi connectivity index (χ3n) is 2.65. The molecule has 0 aromatic heterocycles. The van der Waals surface area contributed by atoms with Crippen LogP contribution in [0, 0.1) is 0 Å². The number of rotatable bonds is 9. The first-order chi connectivity index (χ1) is 9.72. The average molecular weight is 280 g/mol. The van der Waals surface area contributed by atoms with Gasteiger partial charge in [0.1, 0.15) is 0 Å². The summed E-state index contributed by atoms with van der Waals surface area (Å²) in [4.78, 5) is 11.6. The summed E-state index contributed by atoms with van der Waals surface area (Å²) in [5.41, 5.74) is 0.974. The van der Waals surface area contributed by atoms with Gasteiger partial charge in [0.15, 0.2) is 18.1 Å². The van der Waals surface area contributed by atoms with Gasteiger partial charge < -0.3 is 20.1 Å². The van der Waals surface area contributed by atoms with E-state index >= 15 is 0 Å². The molecule has 1 aromatic carbocycles. The van der Waals surface area contributed by atoms with E-state index in [9.17, 15) is 4.79 Å². The second-order valence-corrected chi connectivity index (χ2v) is 4.35. The zero-order chi connectivity index (χ0) is 14.8. The number of para-hydroxylation sites is 1. The lowest BCUT2D eigenvalue weighted by Gasteiger charge is -2.15. The summed E-state index contributed by atoms with van der Waals surface area (Å²) in [5.74, 6) is 1.19. The summed E-state index contributed by atoms with van der Waals surface area (Å²) in [6, 6.07) is 5.72. The molecule has 0 spiro atoms. The normalized spacial score (nSPS) is 10.2. The first-order valence-corrected chi connectivity index (χ1v) is 7.01. The largest absolute Gasteiger partial charge is 0.490 e. The van der Waals surface area contributed by atoms with Crippen molar-refractivity contribution in [3.63, 3.8) is 0 Å². The van der Waals surface area contributed by atoms with E-state index in [0.29, 0.717) is 31.2 Å². The molecular formula is C15H24N2O3. The molecule has 2 N–H and O–H groups in total. The highest BCUT2D eigenvalue weighted by molar-refractivity contribution is 5.77. The van der Waals surface area contributed by atoms with Crippen LogP contribution >= 0.6 is 0 Å². The summed E-state index contributed by atoms with van der Waals surface area (Å²) < 4.78 is 11.2. The molecule has 0 aliphatic heterocycles. The summed E-state index contributed by atoms with van der Waals surface area (Å²) in [6.45, 7) is 5.81. The van der Waals surface area contributed by atoms with Crippen LogP contribution < -0.4 is 20.1 Å². The second-order valence-electron chi connectivity index (χ2n) is 4.35. The molecule has 112 valence electrons. The summed E-state index contributed by atoms with van der Waals surface area (Å²) in [5, 5.41) is 5.86. The van der Waals surface area contributed by atoms with Crippen molar-refractivity contribution < 1.29 is 14.3 Å². The molecule has 1 aromatic rings. The Morgan fingerprint density at radius 2 is 2.05 bits per heavy atom. The number of carbonyl (C=O) groups is 1. The number of amides is 1. The van der Waals surface area contributed by atoms with Gasteiger partial charge in [-0.25, -0.2) is 0 Å². The van der Waals surface area contributed by atoms with Gasteiger partial charge in [-0.3, -0.25) is 4.79 Å². The van der Waals surface area contributed by atoms with E-state index in [1.807, 2.05) is 39.1 Å². The van der Waals surface area contributed by atoms with Crippen molar-refractivity contribution in [2.45, 2.75) is 26.8 Å². The maximum atomic E-state index is 11.6. The van der Waals surface area contributed by atoms with Crippen LogP contribution in [0.2, 0.25) is 0 Å². The molecule has 0 fully saturated rings. The highest BCUT2D eigenvalue weighted by Crippen LogP contribution is 2.31. The lowest BCUT2D eigenvalue weighted by molar-refractivity contribution is -0.123. The molecule has 0 saturated carbocycles. The minimum Gasteiger partial charge on any atom is -0.490 e. The predicted molar refractivity (Wildman–Crippen MR) is 79.2 cm³/mol. The van der Waals surface area contributed by atoms with Crippen LogP contribution in [0.25, 0.3) is 0 Å². The SMILES string of the molecule is CCCNC(=O)COc1c(CNC)cccc1OCC. The van der Waals surface area contributed by atoms with Crippen molar-refractivity contribution in [3.8, 4) is 11.5 Å². The average Bonchev–Trinajstić information content (AvgIpc) is 2.45. The first kappa shape index (κ1) is 16.3. The summed E-state index contributed by atoms with van der Waals surface area (Å²) >= 11 is 0. The Hall–Kier alpha value is -1.75. The molecule has 0 atom stereocenters. The number of benzene rings is 1. The van der Waals surface area contributed by atoms with Gasteiger partial charge in [0.25, 0.3) is 5.91 Å². The maximum absolute atomic E-state index is 11.6. The molecule has 0 unspecified atom stereocenters. The monoisotopic (exact) mass is 280 g/mol. The van der Waals surface area contributed by atoms with E-state index < -0.39 is 0 Å². The van der Waals surface area contributed by atoms with Gasteiger partial charge in [-0.05, 0) is 26.5 Å². The van der Waals surface area contributed by atoms with E-state index in [0.717, 1.165) is 12.0 Å². The molecule has 0 heterocycles. The Bertz CT molecular complexity index is 397. The minimum atomic E-state index is -0.117. The van der Waals surface area contributed by atoms with Crippen molar-refractivity contribution >= 4 is 5.91 Å². The van der Waals surface area contributed by atoms with Gasteiger partial charge >= 0.3 is 0 Å². The zero-order valence-electron chi connectivity index (χ0n) is 12.5. The predicted octanol–water partition coefficient (Wildman–Crippen LogP) is 1.71. The molecule has 0 aliphatic rings. The van der Waals surface area contributed by atoms with Crippen molar-refractivity contribution in [3.05, 3.63) is 23.8 Å². The summed E-state index contributed by atoms with van der Waals surface area (Å²) in [6.07, 6.45) is 0.909. The van der Waals surface area contributed by atoms with Crippen LogP contribution in [0.4, 0.5) is 0 Å². The van der Waals surface area contributed by atoms with Gasteiger partial charge in [0.2, 0.25) is 0 Å². The van der Waals surface area contributed by atoms with Crippen molar-refractivity contribution in [1.29, 1.82) is 0 Å². The van der Waals surface area contributed by atoms with E-state index in [2.05, 4.69) is 10.6 Å². The maximum Gasteiger partial charge on any atom is 0.257 e. The molecule has 0 bridgehead atoms. The number of hydrogen-bond acceptors (Lipinski definition) is 4. The fourth-order valence-electron chi connectivity index (χ4n) is 1.78. The van der Waals surface area contributed by atoms with Gasteiger partial charge in [-0.1, -0.05) is 19.1 Å². The van der Waals surface area contributed by atoms with E-state index in [1.54, 1.807) is 0 Å². The molecule has 1 rings (SSSR count). The zero-order valence-corrected chi connectivity index (χ0v) is 12.5. The van der Waals surface area contributed by atoms with E-state index in [-0.39, 0.29) is 12.5 Å². The Kier molecular flexibility index (Phi) is 7.50. The Morgan fingerprint density at radius 3 is 2.70 bits per heavy atom. The molecule has 0 radical (unpaired) electrons. The van der Waals surface area contributed by atoms with Crippen LogP contribution in [-0.4, -0.2) is 32.7 Å². The molecule has 20 heavy (non-hydrogen) atoms. The molecule has 1 amide bonds. The Morgan fingerprint density at radius 1 is 1.25 bits per heavy atom. The van der Waals surface area contributed by atoms with E-state index in [4.69, 9.17) is 9.47 Å². The molecule has 5 nitrogen and oxygen atoms in total. The van der Waals surface area contributed by atoms with Crippen LogP contribution in [0.3, 0.4) is 0 Å². The smallest absolute Gasteiger partial charge is 0.257 e. The topological polar surface area (TPSA) is 59.6 Å². The number of hydrogen-bond donors (Lipinski definition) is 2. The van der Waals surface area contributed by atoms with Crippen LogP contribution in [0.5, 0.6) is 11.5 Å². The number of carbonyl (C=O) groups excluding carboxylic acids is 1. The third-order valence-corrected chi connectivity index (χ3v) is 2.65. The highest BCUT2D eigenvalue weighted by atomic mass is 16.5. The second kappa shape index (κ2) is 9.20. The lowest BCUT2D eigenvalue weighted by Crippen LogP contribution is -2.29. The van der Waals surface area contributed by atoms with Crippen LogP contribution in [0.1, 0.15) is 25.8 Å². The third kappa shape index (κ3) is 5.09. The molecule has 0 saturated heterocycles. The Labute approximate surface area is 120 Å². The van der Waals surface area contributed by atoms with Crippen molar-refractivity contribution in [2.75, 3.05) is 26.8 Å². The van der Waals surface area contributed by atoms with Gasteiger partial charge in [-0.15, -0.1) is 0 Å². The highest BCUT2D eigenvalue weighted by Gasteiger charge is 2.12.